The molecule has 1 aliphatic heterocycles. The minimum atomic E-state index is -0.693. The molecule has 3 rings (SSSR count). The third kappa shape index (κ3) is 4.47. The maximum absolute atomic E-state index is 12.8. The van der Waals surface area contributed by atoms with Gasteiger partial charge >= 0.3 is 5.97 Å². The number of ether oxygens (including phenoxy) is 3. The second kappa shape index (κ2) is 7.65. The molecule has 25 heavy (non-hydrogen) atoms. The molecular weight excluding hydrogens is 329 g/mol. The average molecular weight is 345 g/mol. The lowest BCUT2D eigenvalue weighted by Gasteiger charge is -2.26. The highest BCUT2D eigenvalue weighted by atomic mass is 19.1. The fraction of sp³-hybridized carbons (Fsp3) is 0.222. The summed E-state index contributed by atoms with van der Waals surface area (Å²) in [6.07, 6.45) is -0.327. The summed E-state index contributed by atoms with van der Waals surface area (Å²) in [7, 11) is 0. The minimum Gasteiger partial charge on any atom is -0.486 e. The Kier molecular flexibility index (Phi) is 5.13. The van der Waals surface area contributed by atoms with Crippen LogP contribution in [0.25, 0.3) is 0 Å². The lowest BCUT2D eigenvalue weighted by Crippen LogP contribution is -2.42. The van der Waals surface area contributed by atoms with Crippen molar-refractivity contribution in [3.8, 4) is 11.5 Å². The van der Waals surface area contributed by atoms with Crippen LogP contribution in [0.3, 0.4) is 0 Å². The van der Waals surface area contributed by atoms with Gasteiger partial charge in [0, 0.05) is 0 Å². The molecule has 1 N–H and O–H groups in total. The molecule has 0 radical (unpaired) electrons. The van der Waals surface area contributed by atoms with Crippen LogP contribution in [0.1, 0.15) is 10.4 Å². The van der Waals surface area contributed by atoms with E-state index in [4.69, 9.17) is 14.2 Å². The predicted octanol–water partition coefficient (Wildman–Crippen LogP) is 1.94. The van der Waals surface area contributed by atoms with Crippen LogP contribution in [0, 0.1) is 5.82 Å². The number of halogens is 1. The van der Waals surface area contributed by atoms with Crippen LogP contribution >= 0.6 is 0 Å². The summed E-state index contributed by atoms with van der Waals surface area (Å²) < 4.78 is 28.9. The van der Waals surface area contributed by atoms with Crippen LogP contribution in [-0.2, 0) is 9.53 Å². The number of carbonyl (C=O) groups is 2. The van der Waals surface area contributed by atoms with Gasteiger partial charge in [0.2, 0.25) is 0 Å². The highest BCUT2D eigenvalue weighted by Gasteiger charge is 2.21. The molecule has 1 aliphatic rings. The molecule has 1 atom stereocenters. The smallest absolute Gasteiger partial charge is 0.338 e. The Hall–Kier alpha value is -3.09. The quantitative estimate of drug-likeness (QED) is 0.839. The van der Waals surface area contributed by atoms with Crippen LogP contribution in [0.15, 0.2) is 48.5 Å². The Labute approximate surface area is 143 Å². The van der Waals surface area contributed by atoms with Crippen molar-refractivity contribution in [1.82, 2.24) is 5.32 Å². The largest absolute Gasteiger partial charge is 0.486 e. The van der Waals surface area contributed by atoms with Crippen molar-refractivity contribution in [3.63, 3.8) is 0 Å². The molecule has 0 bridgehead atoms. The van der Waals surface area contributed by atoms with E-state index in [0.717, 1.165) is 12.1 Å². The summed E-state index contributed by atoms with van der Waals surface area (Å²) in [5.74, 6) is -0.321. The maximum atomic E-state index is 12.8. The molecule has 0 saturated carbocycles. The van der Waals surface area contributed by atoms with Gasteiger partial charge in [-0.1, -0.05) is 12.1 Å². The number of hydrogen-bond donors (Lipinski definition) is 1. The summed E-state index contributed by atoms with van der Waals surface area (Å²) in [6.45, 7) is 0.105. The fourth-order valence-corrected chi connectivity index (χ4v) is 2.24. The Balaban J connectivity index is 1.41. The Morgan fingerprint density at radius 2 is 1.84 bits per heavy atom. The molecule has 1 heterocycles. The van der Waals surface area contributed by atoms with E-state index in [1.165, 1.54) is 12.1 Å². The molecule has 0 saturated heterocycles. The molecule has 7 heteroatoms. The number of fused-ring (bicyclic) bond motifs is 1. The molecular formula is C18H16FNO5. The first kappa shape index (κ1) is 16.8. The highest BCUT2D eigenvalue weighted by molar-refractivity contribution is 5.91. The van der Waals surface area contributed by atoms with Gasteiger partial charge in [-0.15, -0.1) is 0 Å². The number of benzene rings is 2. The Morgan fingerprint density at radius 3 is 2.60 bits per heavy atom. The van der Waals surface area contributed by atoms with Crippen LogP contribution in [0.4, 0.5) is 4.39 Å². The van der Waals surface area contributed by atoms with Crippen molar-refractivity contribution < 1.29 is 28.2 Å². The van der Waals surface area contributed by atoms with Crippen LogP contribution < -0.4 is 14.8 Å². The first-order valence-corrected chi connectivity index (χ1v) is 7.69. The van der Waals surface area contributed by atoms with Crippen molar-refractivity contribution >= 4 is 11.9 Å². The molecule has 6 nitrogen and oxygen atoms in total. The van der Waals surface area contributed by atoms with Crippen LogP contribution in [-0.4, -0.2) is 37.7 Å². The lowest BCUT2D eigenvalue weighted by atomic mass is 10.2. The van der Waals surface area contributed by atoms with Gasteiger partial charge < -0.3 is 19.5 Å². The zero-order valence-electron chi connectivity index (χ0n) is 13.2. The minimum absolute atomic E-state index is 0.176. The second-order valence-electron chi connectivity index (χ2n) is 5.38. The lowest BCUT2D eigenvalue weighted by molar-refractivity contribution is -0.124. The first-order valence-electron chi connectivity index (χ1n) is 7.69. The van der Waals surface area contributed by atoms with E-state index < -0.39 is 24.3 Å². The highest BCUT2D eigenvalue weighted by Crippen LogP contribution is 2.30. The van der Waals surface area contributed by atoms with Gasteiger partial charge in [-0.25, -0.2) is 9.18 Å². The van der Waals surface area contributed by atoms with Crippen molar-refractivity contribution in [2.24, 2.45) is 0 Å². The SMILES string of the molecule is O=C(COC(=O)c1ccc(F)cc1)NC[C@@H]1COc2ccccc2O1. The normalized spacial score (nSPS) is 15.3. The van der Waals surface area contributed by atoms with Crippen LogP contribution in [0.5, 0.6) is 11.5 Å². The van der Waals surface area contributed by atoms with E-state index in [9.17, 15) is 14.0 Å². The average Bonchev–Trinajstić information content (AvgIpc) is 2.65. The number of para-hydroxylation sites is 2. The van der Waals surface area contributed by atoms with Gasteiger partial charge in [0.25, 0.3) is 5.91 Å². The third-order valence-corrected chi connectivity index (χ3v) is 3.51. The molecule has 1 amide bonds. The van der Waals surface area contributed by atoms with Gasteiger partial charge in [-0.3, -0.25) is 4.79 Å². The van der Waals surface area contributed by atoms with Gasteiger partial charge in [0.15, 0.2) is 18.1 Å². The fourth-order valence-electron chi connectivity index (χ4n) is 2.24. The van der Waals surface area contributed by atoms with E-state index in [0.29, 0.717) is 18.1 Å². The number of rotatable bonds is 5. The van der Waals surface area contributed by atoms with E-state index in [2.05, 4.69) is 5.32 Å². The second-order valence-corrected chi connectivity index (χ2v) is 5.38. The maximum Gasteiger partial charge on any atom is 0.338 e. The van der Waals surface area contributed by atoms with Crippen molar-refractivity contribution in [1.29, 1.82) is 0 Å². The van der Waals surface area contributed by atoms with E-state index >= 15 is 0 Å². The predicted molar refractivity (Wildman–Crippen MR) is 86.0 cm³/mol. The van der Waals surface area contributed by atoms with Gasteiger partial charge in [0.05, 0.1) is 12.1 Å². The molecule has 0 aliphatic carbocycles. The summed E-state index contributed by atoms with van der Waals surface area (Å²) in [6, 6.07) is 12.1. The molecule has 0 fully saturated rings. The Morgan fingerprint density at radius 1 is 1.12 bits per heavy atom. The summed E-state index contributed by atoms with van der Waals surface area (Å²) in [5, 5.41) is 2.62. The zero-order valence-corrected chi connectivity index (χ0v) is 13.2. The molecule has 0 unspecified atom stereocenters. The molecule has 2 aromatic rings. The third-order valence-electron chi connectivity index (χ3n) is 3.51. The number of nitrogens with one attached hydrogen (secondary N) is 1. The number of carbonyl (C=O) groups excluding carboxylic acids is 2. The van der Waals surface area contributed by atoms with E-state index in [-0.39, 0.29) is 18.2 Å². The van der Waals surface area contributed by atoms with Crippen molar-refractivity contribution in [3.05, 3.63) is 59.9 Å². The number of esters is 1. The molecule has 2 aromatic carbocycles. The summed E-state index contributed by atoms with van der Waals surface area (Å²) in [5.41, 5.74) is 0.176. The van der Waals surface area contributed by atoms with Crippen molar-refractivity contribution in [2.45, 2.75) is 6.10 Å². The van der Waals surface area contributed by atoms with Gasteiger partial charge in [-0.05, 0) is 36.4 Å². The number of hydrogen-bond acceptors (Lipinski definition) is 5. The molecule has 130 valence electrons. The van der Waals surface area contributed by atoms with Crippen molar-refractivity contribution in [2.75, 3.05) is 19.8 Å². The molecule has 0 aromatic heterocycles. The number of amides is 1. The van der Waals surface area contributed by atoms with Crippen LogP contribution in [0.2, 0.25) is 0 Å². The summed E-state index contributed by atoms with van der Waals surface area (Å²) in [4.78, 5) is 23.5. The molecule has 0 spiro atoms. The van der Waals surface area contributed by atoms with Gasteiger partial charge in [0.1, 0.15) is 18.5 Å². The topological polar surface area (TPSA) is 73.9 Å². The summed E-state index contributed by atoms with van der Waals surface area (Å²) >= 11 is 0. The van der Waals surface area contributed by atoms with Gasteiger partial charge in [-0.2, -0.15) is 0 Å². The van der Waals surface area contributed by atoms with E-state index in [1.807, 2.05) is 12.1 Å². The monoisotopic (exact) mass is 345 g/mol. The first-order chi connectivity index (χ1) is 12.1. The van der Waals surface area contributed by atoms with E-state index in [1.54, 1.807) is 12.1 Å². The zero-order chi connectivity index (χ0) is 17.6. The standard InChI is InChI=1S/C18H16FNO5/c19-13-7-5-12(6-8-13)18(22)24-11-17(21)20-9-14-10-23-15-3-1-2-4-16(15)25-14/h1-8,14H,9-11H2,(H,20,21)/t14-/m1/s1. The Bertz CT molecular complexity index is 762.